The Morgan fingerprint density at radius 3 is 2.61 bits per heavy atom. The van der Waals surface area contributed by atoms with Gasteiger partial charge < -0.3 is 15.2 Å². The summed E-state index contributed by atoms with van der Waals surface area (Å²) in [6.45, 7) is 6.97. The monoisotopic (exact) mass is 250 g/mol. The summed E-state index contributed by atoms with van der Waals surface area (Å²) in [6, 6.07) is 5.79. The van der Waals surface area contributed by atoms with E-state index in [0.717, 1.165) is 36.6 Å². The molecule has 0 aliphatic carbocycles. The van der Waals surface area contributed by atoms with Gasteiger partial charge in [-0.1, -0.05) is 0 Å². The minimum atomic E-state index is 0.279. The third kappa shape index (κ3) is 3.15. The number of nitrogens with two attached hydrogens (primary N) is 1. The lowest BCUT2D eigenvalue weighted by molar-refractivity contribution is -0.0706. The summed E-state index contributed by atoms with van der Waals surface area (Å²) in [5.41, 5.74) is 7.76. The molecule has 1 aliphatic rings. The van der Waals surface area contributed by atoms with Gasteiger partial charge in [0.2, 0.25) is 0 Å². The summed E-state index contributed by atoms with van der Waals surface area (Å²) in [7, 11) is 1.69. The van der Waals surface area contributed by atoms with Crippen LogP contribution in [0.15, 0.2) is 18.2 Å². The van der Waals surface area contributed by atoms with Crippen molar-refractivity contribution in [1.82, 2.24) is 4.90 Å². The van der Waals surface area contributed by atoms with Crippen molar-refractivity contribution in [3.63, 3.8) is 0 Å². The second-order valence-electron chi connectivity index (χ2n) is 5.02. The fraction of sp³-hybridized carbons (Fsp3) is 0.571. The van der Waals surface area contributed by atoms with Gasteiger partial charge in [0.05, 0.1) is 19.3 Å². The number of ether oxygens (including phenoxy) is 2. The number of hydrogen-bond acceptors (Lipinski definition) is 4. The van der Waals surface area contributed by atoms with Crippen molar-refractivity contribution in [3.05, 3.63) is 23.8 Å². The smallest absolute Gasteiger partial charge is 0.123 e. The third-order valence-electron chi connectivity index (χ3n) is 3.19. The fourth-order valence-electron chi connectivity index (χ4n) is 2.58. The van der Waals surface area contributed by atoms with E-state index in [1.165, 1.54) is 0 Å². The van der Waals surface area contributed by atoms with E-state index in [2.05, 4.69) is 18.7 Å². The Balaban J connectivity index is 2.10. The summed E-state index contributed by atoms with van der Waals surface area (Å²) in [6.07, 6.45) is 0.557. The first-order valence-electron chi connectivity index (χ1n) is 6.38. The van der Waals surface area contributed by atoms with Crippen LogP contribution in [0.1, 0.15) is 19.4 Å². The van der Waals surface area contributed by atoms with Crippen LogP contribution in [-0.4, -0.2) is 37.3 Å². The summed E-state index contributed by atoms with van der Waals surface area (Å²) in [5.74, 6) is 0.899. The van der Waals surface area contributed by atoms with Crippen LogP contribution >= 0.6 is 0 Å². The zero-order chi connectivity index (χ0) is 13.1. The highest BCUT2D eigenvalue weighted by molar-refractivity contribution is 5.47. The van der Waals surface area contributed by atoms with Gasteiger partial charge in [-0.15, -0.1) is 0 Å². The fourth-order valence-corrected chi connectivity index (χ4v) is 2.58. The van der Waals surface area contributed by atoms with E-state index in [0.29, 0.717) is 0 Å². The van der Waals surface area contributed by atoms with Gasteiger partial charge in [-0.05, 0) is 32.0 Å². The number of benzene rings is 1. The lowest BCUT2D eigenvalue weighted by Crippen LogP contribution is -2.44. The first-order chi connectivity index (χ1) is 8.58. The molecule has 4 heteroatoms. The number of nitrogens with zero attached hydrogens (tertiary/aromatic N) is 1. The quantitative estimate of drug-likeness (QED) is 0.832. The molecule has 2 N–H and O–H groups in total. The highest BCUT2D eigenvalue weighted by atomic mass is 16.5. The Bertz CT molecular complexity index is 399. The predicted molar refractivity (Wildman–Crippen MR) is 72.7 cm³/mol. The van der Waals surface area contributed by atoms with Crippen LogP contribution < -0.4 is 10.5 Å². The molecule has 4 nitrogen and oxygen atoms in total. The summed E-state index contributed by atoms with van der Waals surface area (Å²) >= 11 is 0. The zero-order valence-electron chi connectivity index (χ0n) is 11.3. The van der Waals surface area contributed by atoms with E-state index >= 15 is 0 Å². The van der Waals surface area contributed by atoms with Crippen LogP contribution in [-0.2, 0) is 11.3 Å². The molecule has 0 radical (unpaired) electrons. The standard InChI is InChI=1S/C14H22N2O2/c1-10-7-16(8-11(2)18-10)9-12-6-13(15)4-5-14(12)17-3/h4-6,10-11H,7-9,15H2,1-3H3. The maximum Gasteiger partial charge on any atom is 0.123 e. The highest BCUT2D eigenvalue weighted by Gasteiger charge is 2.22. The van der Waals surface area contributed by atoms with Crippen molar-refractivity contribution in [1.29, 1.82) is 0 Å². The Morgan fingerprint density at radius 2 is 2.00 bits per heavy atom. The number of morpholine rings is 1. The Kier molecular flexibility index (Phi) is 4.09. The van der Waals surface area contributed by atoms with Gasteiger partial charge in [0.25, 0.3) is 0 Å². The molecule has 1 aromatic rings. The summed E-state index contributed by atoms with van der Waals surface area (Å²) in [4.78, 5) is 2.39. The van der Waals surface area contributed by atoms with E-state index in [1.807, 2.05) is 18.2 Å². The van der Waals surface area contributed by atoms with Gasteiger partial charge >= 0.3 is 0 Å². The topological polar surface area (TPSA) is 47.7 Å². The number of methoxy groups -OCH3 is 1. The lowest BCUT2D eigenvalue weighted by Gasteiger charge is -2.35. The molecule has 0 amide bonds. The maximum absolute atomic E-state index is 5.84. The van der Waals surface area contributed by atoms with Crippen LogP contribution in [0.2, 0.25) is 0 Å². The summed E-state index contributed by atoms with van der Waals surface area (Å²) in [5, 5.41) is 0. The van der Waals surface area contributed by atoms with Crippen LogP contribution in [0.5, 0.6) is 5.75 Å². The van der Waals surface area contributed by atoms with Crippen LogP contribution in [0.4, 0.5) is 5.69 Å². The van der Waals surface area contributed by atoms with Gasteiger partial charge in [0.15, 0.2) is 0 Å². The number of nitrogen functional groups attached to an aromatic ring is 1. The second-order valence-corrected chi connectivity index (χ2v) is 5.02. The lowest BCUT2D eigenvalue weighted by atomic mass is 10.1. The van der Waals surface area contributed by atoms with Gasteiger partial charge in [-0.2, -0.15) is 0 Å². The zero-order valence-corrected chi connectivity index (χ0v) is 11.3. The van der Waals surface area contributed by atoms with E-state index in [4.69, 9.17) is 15.2 Å². The molecule has 1 heterocycles. The molecule has 2 unspecified atom stereocenters. The first kappa shape index (κ1) is 13.2. The normalized spacial score (nSPS) is 25.1. The molecule has 0 aromatic heterocycles. The van der Waals surface area contributed by atoms with E-state index in [-0.39, 0.29) is 12.2 Å². The molecule has 2 atom stereocenters. The van der Waals surface area contributed by atoms with Crippen LogP contribution in [0, 0.1) is 0 Å². The van der Waals surface area contributed by atoms with Crippen molar-refractivity contribution >= 4 is 5.69 Å². The SMILES string of the molecule is COc1ccc(N)cc1CN1CC(C)OC(C)C1. The van der Waals surface area contributed by atoms with E-state index in [9.17, 15) is 0 Å². The molecular formula is C14H22N2O2. The largest absolute Gasteiger partial charge is 0.496 e. The molecular weight excluding hydrogens is 228 g/mol. The van der Waals surface area contributed by atoms with Gasteiger partial charge in [-0.25, -0.2) is 0 Å². The van der Waals surface area contributed by atoms with Gasteiger partial charge in [0, 0.05) is 30.9 Å². The van der Waals surface area contributed by atoms with Crippen molar-refractivity contribution in [2.24, 2.45) is 0 Å². The molecule has 0 spiro atoms. The second kappa shape index (κ2) is 5.59. The van der Waals surface area contributed by atoms with E-state index < -0.39 is 0 Å². The van der Waals surface area contributed by atoms with Crippen LogP contribution in [0.25, 0.3) is 0 Å². The van der Waals surface area contributed by atoms with Gasteiger partial charge in [0.1, 0.15) is 5.75 Å². The average Bonchev–Trinajstić information content (AvgIpc) is 2.27. The molecule has 0 saturated carbocycles. The molecule has 1 fully saturated rings. The number of anilines is 1. The molecule has 2 rings (SSSR count). The molecule has 18 heavy (non-hydrogen) atoms. The Hall–Kier alpha value is -1.26. The van der Waals surface area contributed by atoms with E-state index in [1.54, 1.807) is 7.11 Å². The molecule has 100 valence electrons. The molecule has 1 saturated heterocycles. The van der Waals surface area contributed by atoms with Crippen molar-refractivity contribution in [2.45, 2.75) is 32.6 Å². The summed E-state index contributed by atoms with van der Waals surface area (Å²) < 4.78 is 11.1. The first-order valence-corrected chi connectivity index (χ1v) is 6.38. The van der Waals surface area contributed by atoms with Crippen molar-refractivity contribution < 1.29 is 9.47 Å². The molecule has 1 aromatic carbocycles. The Morgan fingerprint density at radius 1 is 1.33 bits per heavy atom. The minimum absolute atomic E-state index is 0.279. The minimum Gasteiger partial charge on any atom is -0.496 e. The van der Waals surface area contributed by atoms with Crippen molar-refractivity contribution in [3.8, 4) is 5.75 Å². The predicted octanol–water partition coefficient (Wildman–Crippen LogP) is 1.89. The number of hydrogen-bond donors (Lipinski definition) is 1. The Labute approximate surface area is 109 Å². The maximum atomic E-state index is 5.84. The number of rotatable bonds is 3. The average molecular weight is 250 g/mol. The third-order valence-corrected chi connectivity index (χ3v) is 3.19. The molecule has 0 bridgehead atoms. The van der Waals surface area contributed by atoms with Crippen molar-refractivity contribution in [2.75, 3.05) is 25.9 Å². The van der Waals surface area contributed by atoms with Gasteiger partial charge in [-0.3, -0.25) is 4.90 Å². The molecule has 1 aliphatic heterocycles. The highest BCUT2D eigenvalue weighted by Crippen LogP contribution is 2.24. The van der Waals surface area contributed by atoms with Crippen LogP contribution in [0.3, 0.4) is 0 Å².